The highest BCUT2D eigenvalue weighted by molar-refractivity contribution is 7.17. The van der Waals surface area contributed by atoms with E-state index in [4.69, 9.17) is 0 Å². The molecule has 2 rings (SSSR count). The molecule has 1 aliphatic rings. The standard InChI is InChI=1S/C13H20N2O2S/c1-3-5-10-11(12(16)17)18-13(14-10)15-7-6-9(4-2)8-15/h9H,3-8H2,1-2H3,(H,16,17). The molecule has 4 nitrogen and oxygen atoms in total. The fourth-order valence-corrected chi connectivity index (χ4v) is 3.37. The maximum absolute atomic E-state index is 11.2. The second-order valence-electron chi connectivity index (χ2n) is 4.84. The lowest BCUT2D eigenvalue weighted by Gasteiger charge is -2.13. The number of carboxylic acid groups (broad SMARTS) is 1. The van der Waals surface area contributed by atoms with Crippen molar-refractivity contribution < 1.29 is 9.90 Å². The van der Waals surface area contributed by atoms with Crippen molar-refractivity contribution in [1.82, 2.24) is 4.98 Å². The van der Waals surface area contributed by atoms with E-state index < -0.39 is 5.97 Å². The van der Waals surface area contributed by atoms with E-state index in [-0.39, 0.29) is 0 Å². The van der Waals surface area contributed by atoms with Crippen LogP contribution in [-0.2, 0) is 6.42 Å². The number of rotatable bonds is 5. The maximum atomic E-state index is 11.2. The van der Waals surface area contributed by atoms with Crippen LogP contribution in [0.25, 0.3) is 0 Å². The molecule has 1 unspecified atom stereocenters. The molecular weight excluding hydrogens is 248 g/mol. The van der Waals surface area contributed by atoms with Crippen LogP contribution >= 0.6 is 11.3 Å². The summed E-state index contributed by atoms with van der Waals surface area (Å²) >= 11 is 1.33. The number of hydrogen-bond acceptors (Lipinski definition) is 4. The molecule has 1 aromatic heterocycles. The molecular formula is C13H20N2O2S. The third kappa shape index (κ3) is 2.66. The molecule has 1 atom stereocenters. The Balaban J connectivity index is 2.19. The van der Waals surface area contributed by atoms with Gasteiger partial charge < -0.3 is 10.0 Å². The monoisotopic (exact) mass is 268 g/mol. The summed E-state index contributed by atoms with van der Waals surface area (Å²) in [5.41, 5.74) is 0.755. The van der Waals surface area contributed by atoms with Gasteiger partial charge in [0.05, 0.1) is 5.69 Å². The molecule has 0 aromatic carbocycles. The van der Waals surface area contributed by atoms with E-state index >= 15 is 0 Å². The van der Waals surface area contributed by atoms with Gasteiger partial charge in [0.2, 0.25) is 0 Å². The number of hydrogen-bond donors (Lipinski definition) is 1. The van der Waals surface area contributed by atoms with Crippen LogP contribution in [0.1, 0.15) is 48.5 Å². The van der Waals surface area contributed by atoms with Crippen molar-refractivity contribution in [1.29, 1.82) is 0 Å². The number of aryl methyl sites for hydroxylation is 1. The van der Waals surface area contributed by atoms with E-state index in [9.17, 15) is 9.90 Å². The molecule has 1 aliphatic heterocycles. The quantitative estimate of drug-likeness (QED) is 0.892. The SMILES string of the molecule is CCCc1nc(N2CCC(CC)C2)sc1C(=O)O. The Labute approximate surface area is 112 Å². The summed E-state index contributed by atoms with van der Waals surface area (Å²) in [6.45, 7) is 6.29. The van der Waals surface area contributed by atoms with E-state index in [1.807, 2.05) is 6.92 Å². The van der Waals surface area contributed by atoms with Crippen LogP contribution < -0.4 is 4.90 Å². The van der Waals surface area contributed by atoms with Crippen LogP contribution in [0.5, 0.6) is 0 Å². The largest absolute Gasteiger partial charge is 0.477 e. The molecule has 0 saturated carbocycles. The average Bonchev–Trinajstić information content (AvgIpc) is 2.94. The van der Waals surface area contributed by atoms with Crippen LogP contribution in [-0.4, -0.2) is 29.1 Å². The Bertz CT molecular complexity index is 431. The average molecular weight is 268 g/mol. The van der Waals surface area contributed by atoms with Gasteiger partial charge >= 0.3 is 5.97 Å². The highest BCUT2D eigenvalue weighted by Crippen LogP contribution is 2.31. The van der Waals surface area contributed by atoms with Gasteiger partial charge in [-0.25, -0.2) is 9.78 Å². The first-order chi connectivity index (χ1) is 8.65. The van der Waals surface area contributed by atoms with Crippen molar-refractivity contribution in [2.24, 2.45) is 5.92 Å². The van der Waals surface area contributed by atoms with Gasteiger partial charge in [0.25, 0.3) is 0 Å². The molecule has 0 radical (unpaired) electrons. The molecule has 18 heavy (non-hydrogen) atoms. The zero-order valence-corrected chi connectivity index (χ0v) is 11.8. The third-order valence-electron chi connectivity index (χ3n) is 3.50. The number of carbonyl (C=O) groups is 1. The first kappa shape index (κ1) is 13.3. The summed E-state index contributed by atoms with van der Waals surface area (Å²) in [7, 11) is 0. The van der Waals surface area contributed by atoms with Gasteiger partial charge in [0.1, 0.15) is 4.88 Å². The highest BCUT2D eigenvalue weighted by atomic mass is 32.1. The summed E-state index contributed by atoms with van der Waals surface area (Å²) in [6, 6.07) is 0. The van der Waals surface area contributed by atoms with Gasteiger partial charge in [-0.15, -0.1) is 0 Å². The summed E-state index contributed by atoms with van der Waals surface area (Å²) in [6.07, 6.45) is 4.07. The van der Waals surface area contributed by atoms with Crippen molar-refractivity contribution in [3.05, 3.63) is 10.6 Å². The number of aromatic nitrogens is 1. The van der Waals surface area contributed by atoms with Gasteiger partial charge in [0, 0.05) is 13.1 Å². The van der Waals surface area contributed by atoms with Gasteiger partial charge in [-0.1, -0.05) is 38.0 Å². The molecule has 100 valence electrons. The van der Waals surface area contributed by atoms with Crippen LogP contribution in [0, 0.1) is 5.92 Å². The number of thiazole rings is 1. The lowest BCUT2D eigenvalue weighted by atomic mass is 10.1. The van der Waals surface area contributed by atoms with Gasteiger partial charge in [-0.3, -0.25) is 0 Å². The smallest absolute Gasteiger partial charge is 0.347 e. The molecule has 1 fully saturated rings. The van der Waals surface area contributed by atoms with Crippen molar-refractivity contribution in [3.8, 4) is 0 Å². The Kier molecular flexibility index (Phi) is 4.22. The zero-order valence-electron chi connectivity index (χ0n) is 11.0. The van der Waals surface area contributed by atoms with E-state index in [1.165, 1.54) is 24.2 Å². The fourth-order valence-electron chi connectivity index (χ4n) is 2.39. The van der Waals surface area contributed by atoms with Crippen LogP contribution in [0.2, 0.25) is 0 Å². The van der Waals surface area contributed by atoms with E-state index in [2.05, 4.69) is 16.8 Å². The minimum Gasteiger partial charge on any atom is -0.477 e. The molecule has 5 heteroatoms. The fraction of sp³-hybridized carbons (Fsp3) is 0.692. The molecule has 1 aromatic rings. The number of aromatic carboxylic acids is 1. The molecule has 1 N–H and O–H groups in total. The van der Waals surface area contributed by atoms with E-state index in [0.29, 0.717) is 4.88 Å². The lowest BCUT2D eigenvalue weighted by Crippen LogP contribution is -2.19. The second-order valence-corrected chi connectivity index (χ2v) is 5.81. The number of anilines is 1. The van der Waals surface area contributed by atoms with E-state index in [0.717, 1.165) is 42.7 Å². The summed E-state index contributed by atoms with van der Waals surface area (Å²) in [4.78, 5) is 18.4. The number of carboxylic acids is 1. The minimum atomic E-state index is -0.839. The van der Waals surface area contributed by atoms with Crippen molar-refractivity contribution in [3.63, 3.8) is 0 Å². The zero-order chi connectivity index (χ0) is 13.1. The van der Waals surface area contributed by atoms with Gasteiger partial charge in [-0.2, -0.15) is 0 Å². The first-order valence-corrected chi connectivity index (χ1v) is 7.45. The maximum Gasteiger partial charge on any atom is 0.347 e. The lowest BCUT2D eigenvalue weighted by molar-refractivity contribution is 0.0700. The Morgan fingerprint density at radius 3 is 2.89 bits per heavy atom. The second kappa shape index (κ2) is 5.69. The molecule has 0 bridgehead atoms. The highest BCUT2D eigenvalue weighted by Gasteiger charge is 2.26. The van der Waals surface area contributed by atoms with Crippen LogP contribution in [0.15, 0.2) is 0 Å². The van der Waals surface area contributed by atoms with E-state index in [1.54, 1.807) is 0 Å². The topological polar surface area (TPSA) is 53.4 Å². The summed E-state index contributed by atoms with van der Waals surface area (Å²) in [5, 5.41) is 10.1. The predicted octanol–water partition coefficient (Wildman–Crippen LogP) is 3.03. The number of nitrogens with zero attached hydrogens (tertiary/aromatic N) is 2. The summed E-state index contributed by atoms with van der Waals surface area (Å²) in [5.74, 6) is -0.106. The molecule has 1 saturated heterocycles. The minimum absolute atomic E-state index is 0.423. The normalized spacial score (nSPS) is 19.4. The van der Waals surface area contributed by atoms with Crippen molar-refractivity contribution in [2.75, 3.05) is 18.0 Å². The summed E-state index contributed by atoms with van der Waals surface area (Å²) < 4.78 is 0. The third-order valence-corrected chi connectivity index (χ3v) is 4.65. The Morgan fingerprint density at radius 2 is 2.33 bits per heavy atom. The van der Waals surface area contributed by atoms with Gasteiger partial charge in [0.15, 0.2) is 5.13 Å². The molecule has 0 amide bonds. The molecule has 0 aliphatic carbocycles. The predicted molar refractivity (Wildman–Crippen MR) is 73.7 cm³/mol. The Morgan fingerprint density at radius 1 is 1.56 bits per heavy atom. The van der Waals surface area contributed by atoms with Crippen LogP contribution in [0.3, 0.4) is 0 Å². The molecule has 2 heterocycles. The first-order valence-electron chi connectivity index (χ1n) is 6.63. The molecule has 0 spiro atoms. The van der Waals surface area contributed by atoms with Crippen molar-refractivity contribution >= 4 is 22.4 Å². The van der Waals surface area contributed by atoms with Crippen molar-refractivity contribution in [2.45, 2.75) is 39.5 Å². The Hall–Kier alpha value is -1.10. The van der Waals surface area contributed by atoms with Crippen LogP contribution in [0.4, 0.5) is 5.13 Å². The van der Waals surface area contributed by atoms with Gasteiger partial charge in [-0.05, 0) is 18.8 Å².